The normalized spacial score (nSPS) is 32.5. The van der Waals surface area contributed by atoms with Crippen molar-refractivity contribution in [2.45, 2.75) is 84.0 Å². The van der Waals surface area contributed by atoms with Gasteiger partial charge in [-0.25, -0.2) is 4.79 Å². The van der Waals surface area contributed by atoms with E-state index in [9.17, 15) is 14.7 Å². The van der Waals surface area contributed by atoms with Gasteiger partial charge in [0, 0.05) is 31.2 Å². The molecule has 0 spiro atoms. The van der Waals surface area contributed by atoms with Crippen LogP contribution in [0.2, 0.25) is 0 Å². The fourth-order valence-electron chi connectivity index (χ4n) is 4.10. The molecular weight excluding hydrogens is 308 g/mol. The van der Waals surface area contributed by atoms with Crippen molar-refractivity contribution in [2.24, 2.45) is 5.92 Å². The van der Waals surface area contributed by atoms with Crippen LogP contribution in [0, 0.1) is 5.92 Å². The first kappa shape index (κ1) is 19.0. The number of carboxylic acids is 1. The van der Waals surface area contributed by atoms with Crippen LogP contribution in [-0.2, 0) is 9.53 Å². The second kappa shape index (κ2) is 7.30. The van der Waals surface area contributed by atoms with Crippen molar-refractivity contribution >= 4 is 12.1 Å². The van der Waals surface area contributed by atoms with Crippen LogP contribution in [0.1, 0.15) is 60.3 Å². The molecule has 0 saturated carbocycles. The molecule has 0 unspecified atom stereocenters. The number of likely N-dealkylation sites (tertiary alicyclic amines) is 2. The predicted molar refractivity (Wildman–Crippen MR) is 92.0 cm³/mol. The zero-order valence-corrected chi connectivity index (χ0v) is 15.6. The summed E-state index contributed by atoms with van der Waals surface area (Å²) in [4.78, 5) is 28.1. The van der Waals surface area contributed by atoms with Crippen molar-refractivity contribution in [3.8, 4) is 0 Å². The van der Waals surface area contributed by atoms with Crippen molar-refractivity contribution in [2.75, 3.05) is 13.1 Å². The molecule has 24 heavy (non-hydrogen) atoms. The molecule has 2 saturated heterocycles. The number of hydrogen-bond donors (Lipinski definition) is 1. The molecule has 2 rings (SSSR count). The number of rotatable bonds is 2. The number of hydrogen-bond acceptors (Lipinski definition) is 4. The largest absolute Gasteiger partial charge is 0.481 e. The number of aliphatic carboxylic acids is 1. The summed E-state index contributed by atoms with van der Waals surface area (Å²) in [5.74, 6) is -1.36. The summed E-state index contributed by atoms with van der Waals surface area (Å²) >= 11 is 0. The zero-order valence-electron chi connectivity index (χ0n) is 15.6. The monoisotopic (exact) mass is 340 g/mol. The second-order valence-electron chi connectivity index (χ2n) is 8.39. The van der Waals surface area contributed by atoms with Crippen molar-refractivity contribution in [1.82, 2.24) is 9.80 Å². The van der Waals surface area contributed by atoms with Gasteiger partial charge in [-0.05, 0) is 53.9 Å². The fourth-order valence-corrected chi connectivity index (χ4v) is 4.10. The third kappa shape index (κ3) is 4.62. The molecule has 0 aromatic carbocycles. The number of piperidine rings is 2. The molecule has 2 aliphatic heterocycles. The van der Waals surface area contributed by atoms with Crippen molar-refractivity contribution < 1.29 is 19.4 Å². The molecule has 6 heteroatoms. The van der Waals surface area contributed by atoms with E-state index in [0.717, 1.165) is 12.8 Å². The predicted octanol–water partition coefficient (Wildman–Crippen LogP) is 2.96. The van der Waals surface area contributed by atoms with E-state index in [1.165, 1.54) is 6.42 Å². The molecule has 2 fully saturated rings. The second-order valence-corrected chi connectivity index (χ2v) is 8.39. The molecule has 0 aliphatic carbocycles. The van der Waals surface area contributed by atoms with E-state index in [0.29, 0.717) is 25.0 Å². The van der Waals surface area contributed by atoms with Crippen LogP contribution >= 0.6 is 0 Å². The Bertz CT molecular complexity index is 464. The Morgan fingerprint density at radius 3 is 2.17 bits per heavy atom. The van der Waals surface area contributed by atoms with Gasteiger partial charge in [0.1, 0.15) is 5.60 Å². The summed E-state index contributed by atoms with van der Waals surface area (Å²) in [6.45, 7) is 10.7. The number of carbonyl (C=O) groups is 2. The Hall–Kier alpha value is -1.30. The van der Waals surface area contributed by atoms with Gasteiger partial charge in [0.15, 0.2) is 0 Å². The smallest absolute Gasteiger partial charge is 0.410 e. The Kier molecular flexibility index (Phi) is 5.78. The van der Waals surface area contributed by atoms with E-state index < -0.39 is 23.6 Å². The summed E-state index contributed by atoms with van der Waals surface area (Å²) in [5, 5.41) is 9.52. The van der Waals surface area contributed by atoms with Crippen LogP contribution in [0.5, 0.6) is 0 Å². The average molecular weight is 340 g/mol. The molecule has 6 nitrogen and oxygen atoms in total. The highest BCUT2D eigenvalue weighted by Crippen LogP contribution is 2.31. The highest BCUT2D eigenvalue weighted by atomic mass is 16.6. The Morgan fingerprint density at radius 1 is 1.08 bits per heavy atom. The summed E-state index contributed by atoms with van der Waals surface area (Å²) in [6, 6.07) is 0.927. The van der Waals surface area contributed by atoms with E-state index in [4.69, 9.17) is 4.74 Å². The molecule has 4 atom stereocenters. The number of carboxylic acid groups (broad SMARTS) is 1. The first-order valence-corrected chi connectivity index (χ1v) is 9.06. The van der Waals surface area contributed by atoms with Gasteiger partial charge in [-0.2, -0.15) is 0 Å². The third-order valence-corrected chi connectivity index (χ3v) is 5.11. The fraction of sp³-hybridized carbons (Fsp3) is 0.889. The van der Waals surface area contributed by atoms with Crippen LogP contribution in [-0.4, -0.2) is 63.8 Å². The SMILES string of the molecule is C[C@@H]1CCC[C@H](C)N1[C@H]1C[C@@H](C(=O)O)CN(C(=O)OC(C)(C)C)C1. The average Bonchev–Trinajstić information content (AvgIpc) is 2.45. The molecule has 0 aromatic heterocycles. The summed E-state index contributed by atoms with van der Waals surface area (Å²) in [7, 11) is 0. The topological polar surface area (TPSA) is 70.1 Å². The maximum atomic E-state index is 12.5. The summed E-state index contributed by atoms with van der Waals surface area (Å²) < 4.78 is 5.47. The molecule has 0 radical (unpaired) electrons. The van der Waals surface area contributed by atoms with Crippen LogP contribution in [0.15, 0.2) is 0 Å². The first-order chi connectivity index (χ1) is 11.1. The summed E-state index contributed by atoms with van der Waals surface area (Å²) in [6.07, 6.45) is 3.67. The first-order valence-electron chi connectivity index (χ1n) is 9.06. The van der Waals surface area contributed by atoms with Gasteiger partial charge in [-0.3, -0.25) is 9.69 Å². The van der Waals surface area contributed by atoms with Crippen LogP contribution < -0.4 is 0 Å². The molecule has 2 aliphatic rings. The van der Waals surface area contributed by atoms with E-state index in [-0.39, 0.29) is 12.6 Å². The van der Waals surface area contributed by atoms with Gasteiger partial charge >= 0.3 is 12.1 Å². The highest BCUT2D eigenvalue weighted by Gasteiger charge is 2.41. The lowest BCUT2D eigenvalue weighted by Gasteiger charge is -2.48. The number of carbonyl (C=O) groups excluding carboxylic acids is 1. The molecule has 2 heterocycles. The van der Waals surface area contributed by atoms with E-state index in [2.05, 4.69) is 18.7 Å². The third-order valence-electron chi connectivity index (χ3n) is 5.11. The molecule has 138 valence electrons. The lowest BCUT2D eigenvalue weighted by molar-refractivity contribution is -0.145. The van der Waals surface area contributed by atoms with Gasteiger partial charge in [-0.15, -0.1) is 0 Å². The lowest BCUT2D eigenvalue weighted by Crippen LogP contribution is -2.59. The van der Waals surface area contributed by atoms with E-state index in [1.807, 2.05) is 20.8 Å². The maximum Gasteiger partial charge on any atom is 0.410 e. The molecular formula is C18H32N2O4. The molecule has 1 amide bonds. The van der Waals surface area contributed by atoms with Gasteiger partial charge < -0.3 is 14.7 Å². The van der Waals surface area contributed by atoms with Crippen molar-refractivity contribution in [3.63, 3.8) is 0 Å². The van der Waals surface area contributed by atoms with E-state index in [1.54, 1.807) is 4.90 Å². The minimum Gasteiger partial charge on any atom is -0.481 e. The minimum atomic E-state index is -0.828. The highest BCUT2D eigenvalue weighted by molar-refractivity contribution is 5.73. The Morgan fingerprint density at radius 2 is 1.67 bits per heavy atom. The van der Waals surface area contributed by atoms with Gasteiger partial charge in [-0.1, -0.05) is 6.42 Å². The number of amides is 1. The van der Waals surface area contributed by atoms with Crippen LogP contribution in [0.25, 0.3) is 0 Å². The zero-order chi connectivity index (χ0) is 18.1. The number of ether oxygens (including phenoxy) is 1. The van der Waals surface area contributed by atoms with Gasteiger partial charge in [0.25, 0.3) is 0 Å². The van der Waals surface area contributed by atoms with Gasteiger partial charge in [0.05, 0.1) is 5.92 Å². The van der Waals surface area contributed by atoms with Crippen molar-refractivity contribution in [1.29, 1.82) is 0 Å². The van der Waals surface area contributed by atoms with E-state index >= 15 is 0 Å². The Labute approximate surface area is 145 Å². The van der Waals surface area contributed by atoms with Gasteiger partial charge in [0.2, 0.25) is 0 Å². The van der Waals surface area contributed by atoms with Crippen molar-refractivity contribution in [3.05, 3.63) is 0 Å². The van der Waals surface area contributed by atoms with Crippen LogP contribution in [0.4, 0.5) is 4.79 Å². The molecule has 0 aromatic rings. The quantitative estimate of drug-likeness (QED) is 0.837. The number of nitrogens with zero attached hydrogens (tertiary/aromatic N) is 2. The summed E-state index contributed by atoms with van der Waals surface area (Å²) in [5.41, 5.74) is -0.575. The van der Waals surface area contributed by atoms with Crippen LogP contribution in [0.3, 0.4) is 0 Å². The lowest BCUT2D eigenvalue weighted by atomic mass is 9.88. The maximum absolute atomic E-state index is 12.5. The standard InChI is InChI=1S/C18H32N2O4/c1-12-7-6-8-13(2)20(12)15-9-14(16(21)22)10-19(11-15)17(23)24-18(3,4)5/h12-15H,6-11H2,1-5H3,(H,21,22)/t12-,13+,14-,15+/m1/s1. The molecule has 0 bridgehead atoms. The minimum absolute atomic E-state index is 0.0812. The molecule has 1 N–H and O–H groups in total. The Balaban J connectivity index is 2.16.